The number of tetrazole rings is 1. The number of hydrogen-bond donors (Lipinski definition) is 4. The van der Waals surface area contributed by atoms with Gasteiger partial charge in [0.1, 0.15) is 11.6 Å². The Hall–Kier alpha value is -5.34. The van der Waals surface area contributed by atoms with Gasteiger partial charge in [0.25, 0.3) is 0 Å². The SMILES string of the molecule is CC(C)(C)OC(=O)NCC1CCC(C(=O)N[C@@H](Cc2ccc(-c3cccnc3C(F)(F)F)cc2)C(=O)Nc2ccc(-c3nn[nH]n3)cc2)CC1. The van der Waals surface area contributed by atoms with E-state index in [2.05, 4.69) is 41.6 Å². The summed E-state index contributed by atoms with van der Waals surface area (Å²) >= 11 is 0. The number of H-pyrrole nitrogens is 1. The van der Waals surface area contributed by atoms with Gasteiger partial charge in [-0.1, -0.05) is 30.3 Å². The van der Waals surface area contributed by atoms with Crippen LogP contribution in [0.5, 0.6) is 0 Å². The van der Waals surface area contributed by atoms with Gasteiger partial charge >= 0.3 is 12.3 Å². The maximum atomic E-state index is 13.6. The van der Waals surface area contributed by atoms with Crippen molar-refractivity contribution in [3.63, 3.8) is 0 Å². The number of pyridine rings is 1. The van der Waals surface area contributed by atoms with Crippen LogP contribution in [0.3, 0.4) is 0 Å². The van der Waals surface area contributed by atoms with E-state index in [-0.39, 0.29) is 29.7 Å². The van der Waals surface area contributed by atoms with Crippen molar-refractivity contribution in [3.8, 4) is 22.5 Å². The average Bonchev–Trinajstić information content (AvgIpc) is 3.62. The van der Waals surface area contributed by atoms with E-state index in [1.54, 1.807) is 69.3 Å². The fourth-order valence-electron chi connectivity index (χ4n) is 5.81. The molecule has 0 radical (unpaired) electrons. The van der Waals surface area contributed by atoms with Gasteiger partial charge in [-0.2, -0.15) is 18.4 Å². The number of amides is 3. The molecular formula is C35H39F3N8O4. The minimum absolute atomic E-state index is 0.0599. The Morgan fingerprint density at radius 1 is 0.940 bits per heavy atom. The lowest BCUT2D eigenvalue weighted by Gasteiger charge is -2.29. The van der Waals surface area contributed by atoms with Gasteiger partial charge < -0.3 is 20.7 Å². The zero-order chi connectivity index (χ0) is 35.9. The molecule has 1 fully saturated rings. The number of aromatic nitrogens is 5. The highest BCUT2D eigenvalue weighted by Crippen LogP contribution is 2.35. The number of aromatic amines is 1. The number of rotatable bonds is 10. The van der Waals surface area contributed by atoms with E-state index in [0.29, 0.717) is 60.4 Å². The van der Waals surface area contributed by atoms with Crippen molar-refractivity contribution in [1.29, 1.82) is 0 Å². The summed E-state index contributed by atoms with van der Waals surface area (Å²) in [6, 6.07) is 15.0. The van der Waals surface area contributed by atoms with Gasteiger partial charge in [-0.3, -0.25) is 14.6 Å². The predicted octanol–water partition coefficient (Wildman–Crippen LogP) is 5.94. The number of benzene rings is 2. The first-order valence-corrected chi connectivity index (χ1v) is 16.3. The van der Waals surface area contributed by atoms with Crippen LogP contribution in [0.1, 0.15) is 57.7 Å². The lowest BCUT2D eigenvalue weighted by Crippen LogP contribution is -2.48. The van der Waals surface area contributed by atoms with Gasteiger partial charge in [-0.25, -0.2) is 4.79 Å². The fourth-order valence-corrected chi connectivity index (χ4v) is 5.81. The standard InChI is InChI=1S/C35H39F3N8O4/c1-34(2,3)50-33(49)40-20-22-8-12-25(13-9-22)31(47)42-28(32(48)41-26-16-14-24(15-17-26)30-43-45-46-44-30)19-21-6-10-23(11-7-21)27-5-4-18-39-29(27)35(36,37)38/h4-7,10-11,14-18,22,25,28H,8-9,12-13,19-20H2,1-3H3,(H,40,49)(H,41,48)(H,42,47)(H,43,44,45,46)/t22?,25?,28-/m0/s1. The molecule has 4 N–H and O–H groups in total. The van der Waals surface area contributed by atoms with Crippen molar-refractivity contribution in [3.05, 3.63) is 78.1 Å². The summed E-state index contributed by atoms with van der Waals surface area (Å²) in [5, 5.41) is 22.4. The molecule has 4 aromatic rings. The second kappa shape index (κ2) is 15.5. The van der Waals surface area contributed by atoms with Gasteiger partial charge in [0.05, 0.1) is 0 Å². The number of carbonyl (C=O) groups is 3. The van der Waals surface area contributed by atoms with Crippen molar-refractivity contribution < 1.29 is 32.3 Å². The van der Waals surface area contributed by atoms with Crippen LogP contribution in [-0.2, 0) is 26.9 Å². The molecule has 2 aromatic carbocycles. The number of alkyl carbamates (subject to hydrolysis) is 1. The monoisotopic (exact) mass is 692 g/mol. The van der Waals surface area contributed by atoms with Crippen LogP contribution in [0.2, 0.25) is 0 Å². The minimum Gasteiger partial charge on any atom is -0.444 e. The van der Waals surface area contributed by atoms with E-state index in [1.807, 2.05) is 0 Å². The highest BCUT2D eigenvalue weighted by Gasteiger charge is 2.35. The second-order valence-electron chi connectivity index (χ2n) is 13.3. The lowest BCUT2D eigenvalue weighted by atomic mass is 9.81. The summed E-state index contributed by atoms with van der Waals surface area (Å²) in [6.45, 7) is 5.83. The lowest BCUT2D eigenvalue weighted by molar-refractivity contribution is -0.140. The third kappa shape index (κ3) is 9.86. The molecule has 15 heteroatoms. The van der Waals surface area contributed by atoms with Gasteiger partial charge in [0, 0.05) is 41.9 Å². The highest BCUT2D eigenvalue weighted by atomic mass is 19.4. The van der Waals surface area contributed by atoms with Gasteiger partial charge in [-0.05, 0) is 99.0 Å². The number of nitrogens with one attached hydrogen (secondary N) is 4. The Morgan fingerprint density at radius 2 is 1.62 bits per heavy atom. The molecule has 50 heavy (non-hydrogen) atoms. The van der Waals surface area contributed by atoms with E-state index in [9.17, 15) is 27.6 Å². The van der Waals surface area contributed by atoms with Crippen molar-refractivity contribution in [2.45, 2.75) is 70.7 Å². The zero-order valence-electron chi connectivity index (χ0n) is 27.9. The van der Waals surface area contributed by atoms with Crippen LogP contribution in [0.25, 0.3) is 22.5 Å². The number of alkyl halides is 3. The third-order valence-electron chi connectivity index (χ3n) is 8.32. The van der Waals surface area contributed by atoms with Gasteiger partial charge in [-0.15, -0.1) is 10.2 Å². The van der Waals surface area contributed by atoms with E-state index >= 15 is 0 Å². The first-order chi connectivity index (χ1) is 23.7. The molecule has 1 atom stereocenters. The summed E-state index contributed by atoms with van der Waals surface area (Å²) in [6.07, 6.45) is -1.32. The molecule has 12 nitrogen and oxygen atoms in total. The minimum atomic E-state index is -4.62. The molecule has 1 aliphatic carbocycles. The maximum Gasteiger partial charge on any atom is 0.433 e. The molecule has 5 rings (SSSR count). The molecule has 0 unspecified atom stereocenters. The molecule has 0 saturated heterocycles. The molecule has 1 aliphatic rings. The highest BCUT2D eigenvalue weighted by molar-refractivity contribution is 5.97. The van der Waals surface area contributed by atoms with Gasteiger partial charge in [0.15, 0.2) is 5.69 Å². The Labute approximate surface area is 287 Å². The third-order valence-corrected chi connectivity index (χ3v) is 8.32. The maximum absolute atomic E-state index is 13.6. The fraction of sp³-hybridized carbons (Fsp3) is 0.400. The number of carbonyl (C=O) groups excluding carboxylic acids is 3. The largest absolute Gasteiger partial charge is 0.444 e. The summed E-state index contributed by atoms with van der Waals surface area (Å²) < 4.78 is 46.1. The van der Waals surface area contributed by atoms with Crippen molar-refractivity contribution in [1.82, 2.24) is 36.2 Å². The molecule has 0 spiro atoms. The molecule has 1 saturated carbocycles. The molecule has 2 aromatic heterocycles. The quantitative estimate of drug-likeness (QED) is 0.159. The first-order valence-electron chi connectivity index (χ1n) is 16.3. The van der Waals surface area contributed by atoms with Crippen LogP contribution >= 0.6 is 0 Å². The smallest absolute Gasteiger partial charge is 0.433 e. The van der Waals surface area contributed by atoms with Crippen LogP contribution < -0.4 is 16.0 Å². The topological polar surface area (TPSA) is 164 Å². The molecule has 0 bridgehead atoms. The molecule has 2 heterocycles. The Bertz CT molecular complexity index is 1750. The van der Waals surface area contributed by atoms with Crippen molar-refractivity contribution >= 4 is 23.6 Å². The first kappa shape index (κ1) is 36.0. The van der Waals surface area contributed by atoms with E-state index in [0.717, 1.165) is 6.20 Å². The van der Waals surface area contributed by atoms with Crippen molar-refractivity contribution in [2.24, 2.45) is 11.8 Å². The number of anilines is 1. The zero-order valence-corrected chi connectivity index (χ0v) is 27.9. The Balaban J connectivity index is 1.26. The summed E-state index contributed by atoms with van der Waals surface area (Å²) in [4.78, 5) is 42.8. The Morgan fingerprint density at radius 3 is 2.24 bits per heavy atom. The summed E-state index contributed by atoms with van der Waals surface area (Å²) in [7, 11) is 0. The van der Waals surface area contributed by atoms with E-state index < -0.39 is 35.5 Å². The van der Waals surface area contributed by atoms with Crippen LogP contribution in [0.15, 0.2) is 66.9 Å². The number of halogens is 3. The van der Waals surface area contributed by atoms with Crippen LogP contribution in [-0.4, -0.2) is 61.7 Å². The predicted molar refractivity (Wildman–Crippen MR) is 178 cm³/mol. The van der Waals surface area contributed by atoms with E-state index in [1.165, 1.54) is 12.1 Å². The number of ether oxygens (including phenoxy) is 1. The number of hydrogen-bond acceptors (Lipinski definition) is 8. The number of nitrogens with zero attached hydrogens (tertiary/aromatic N) is 4. The van der Waals surface area contributed by atoms with Crippen LogP contribution in [0.4, 0.5) is 23.7 Å². The molecule has 264 valence electrons. The second-order valence-corrected chi connectivity index (χ2v) is 13.3. The molecular weight excluding hydrogens is 653 g/mol. The average molecular weight is 693 g/mol. The van der Waals surface area contributed by atoms with Gasteiger partial charge in [0.2, 0.25) is 17.6 Å². The molecule has 0 aliphatic heterocycles. The Kier molecular flexibility index (Phi) is 11.1. The van der Waals surface area contributed by atoms with E-state index in [4.69, 9.17) is 4.74 Å². The van der Waals surface area contributed by atoms with Crippen LogP contribution in [0, 0.1) is 11.8 Å². The van der Waals surface area contributed by atoms with Crippen molar-refractivity contribution in [2.75, 3.05) is 11.9 Å². The summed E-state index contributed by atoms with van der Waals surface area (Å²) in [5.74, 6) is -0.474. The normalized spacial score (nSPS) is 17.0. The summed E-state index contributed by atoms with van der Waals surface area (Å²) in [5.41, 5.74) is 0.467. The molecule has 3 amide bonds.